The Labute approximate surface area is 203 Å². The van der Waals surface area contributed by atoms with E-state index in [-0.39, 0.29) is 36.6 Å². The maximum atomic E-state index is 12.3. The molecule has 0 aliphatic carbocycles. The Morgan fingerprint density at radius 3 is 2.71 bits per heavy atom. The molecule has 8 nitrogen and oxygen atoms in total. The number of aliphatic hydroxyl groups is 1. The Balaban J connectivity index is 0.00000480. The normalized spacial score (nSPS) is 19.2. The Hall–Kier alpha value is -1.49. The number of carbonyl (C=O) groups is 1. The fourth-order valence-electron chi connectivity index (χ4n) is 3.43. The molecule has 31 heavy (non-hydrogen) atoms. The van der Waals surface area contributed by atoms with Crippen LogP contribution >= 0.6 is 24.0 Å². The monoisotopic (exact) mass is 550 g/mol. The third-order valence-corrected chi connectivity index (χ3v) is 4.96. The molecule has 0 bridgehead atoms. The molecule has 1 saturated heterocycles. The van der Waals surface area contributed by atoms with Crippen LogP contribution in [0, 0.1) is 5.92 Å². The topological polar surface area (TPSA) is 99.3 Å². The fourth-order valence-corrected chi connectivity index (χ4v) is 3.43. The summed E-state index contributed by atoms with van der Waals surface area (Å²) in [5.74, 6) is 1.57. The minimum atomic E-state index is -1.16. The van der Waals surface area contributed by atoms with E-state index >= 15 is 0 Å². The summed E-state index contributed by atoms with van der Waals surface area (Å²) < 4.78 is 10.8. The lowest BCUT2D eigenvalue weighted by Crippen LogP contribution is -2.44. The summed E-state index contributed by atoms with van der Waals surface area (Å²) in [6.07, 6.45) is 4.33. The average Bonchev–Trinajstić information content (AvgIpc) is 3.21. The first kappa shape index (κ1) is 27.5. The third-order valence-electron chi connectivity index (χ3n) is 4.96. The molecule has 1 aliphatic rings. The van der Waals surface area contributed by atoms with E-state index in [1.807, 2.05) is 32.6 Å². The minimum Gasteiger partial charge on any atom is -0.466 e. The van der Waals surface area contributed by atoms with Crippen LogP contribution < -0.4 is 10.6 Å². The van der Waals surface area contributed by atoms with Crippen LogP contribution in [0.3, 0.4) is 0 Å². The molecule has 2 atom stereocenters. The van der Waals surface area contributed by atoms with Gasteiger partial charge in [0, 0.05) is 26.2 Å². The molecular weight excluding hydrogens is 511 g/mol. The Morgan fingerprint density at radius 1 is 1.35 bits per heavy atom. The molecule has 2 heterocycles. The molecule has 9 heteroatoms. The number of ether oxygens (including phenoxy) is 1. The van der Waals surface area contributed by atoms with E-state index in [0.29, 0.717) is 17.6 Å². The lowest BCUT2D eigenvalue weighted by molar-refractivity contribution is 0.0162. The van der Waals surface area contributed by atoms with Crippen molar-refractivity contribution >= 4 is 36.0 Å². The highest BCUT2D eigenvalue weighted by Crippen LogP contribution is 2.22. The van der Waals surface area contributed by atoms with Crippen LogP contribution in [0.5, 0.6) is 0 Å². The molecule has 1 aromatic rings. The van der Waals surface area contributed by atoms with Crippen molar-refractivity contribution in [3.05, 3.63) is 24.2 Å². The summed E-state index contributed by atoms with van der Waals surface area (Å²) in [6, 6.07) is 3.50. The molecule has 1 amide bonds. The number of hydrogen-bond donors (Lipinski definition) is 3. The van der Waals surface area contributed by atoms with Crippen LogP contribution in [-0.2, 0) is 10.3 Å². The summed E-state index contributed by atoms with van der Waals surface area (Å²) >= 11 is 0. The van der Waals surface area contributed by atoms with Gasteiger partial charge in [0.25, 0.3) is 0 Å². The van der Waals surface area contributed by atoms with E-state index < -0.39 is 11.2 Å². The smallest absolute Gasteiger partial charge is 0.410 e. The number of piperidine rings is 1. The van der Waals surface area contributed by atoms with Gasteiger partial charge in [0.2, 0.25) is 0 Å². The van der Waals surface area contributed by atoms with Gasteiger partial charge in [-0.25, -0.2) is 9.79 Å². The molecule has 178 valence electrons. The van der Waals surface area contributed by atoms with Gasteiger partial charge in [-0.3, -0.25) is 0 Å². The number of guanidine groups is 1. The van der Waals surface area contributed by atoms with Crippen molar-refractivity contribution in [1.82, 2.24) is 15.5 Å². The number of nitrogens with zero attached hydrogens (tertiary/aromatic N) is 2. The second-order valence-corrected chi connectivity index (χ2v) is 9.10. The molecule has 2 rings (SSSR count). The van der Waals surface area contributed by atoms with Crippen LogP contribution in [0.4, 0.5) is 4.79 Å². The van der Waals surface area contributed by atoms with E-state index in [1.54, 1.807) is 25.3 Å². The van der Waals surface area contributed by atoms with E-state index in [0.717, 1.165) is 45.4 Å². The summed E-state index contributed by atoms with van der Waals surface area (Å²) in [5.41, 5.74) is -1.64. The molecule has 1 fully saturated rings. The van der Waals surface area contributed by atoms with Crippen LogP contribution in [0.15, 0.2) is 27.8 Å². The molecule has 1 aromatic heterocycles. The number of likely N-dealkylation sites (tertiary alicyclic amines) is 1. The van der Waals surface area contributed by atoms with E-state index in [4.69, 9.17) is 9.15 Å². The van der Waals surface area contributed by atoms with E-state index in [9.17, 15) is 9.90 Å². The first-order valence-corrected chi connectivity index (χ1v) is 10.9. The molecule has 0 saturated carbocycles. The van der Waals surface area contributed by atoms with Crippen LogP contribution in [0.25, 0.3) is 0 Å². The largest absolute Gasteiger partial charge is 0.466 e. The van der Waals surface area contributed by atoms with Crippen molar-refractivity contribution in [1.29, 1.82) is 0 Å². The maximum Gasteiger partial charge on any atom is 0.410 e. The Bertz CT molecular complexity index is 686. The predicted octanol–water partition coefficient (Wildman–Crippen LogP) is 3.70. The molecule has 0 aromatic carbocycles. The predicted molar refractivity (Wildman–Crippen MR) is 133 cm³/mol. The molecule has 2 unspecified atom stereocenters. The zero-order valence-electron chi connectivity index (χ0n) is 19.4. The van der Waals surface area contributed by atoms with Crippen molar-refractivity contribution < 1.29 is 19.1 Å². The second kappa shape index (κ2) is 12.5. The van der Waals surface area contributed by atoms with Gasteiger partial charge in [-0.1, -0.05) is 0 Å². The van der Waals surface area contributed by atoms with E-state index in [1.165, 1.54) is 0 Å². The molecular formula is C22H39IN4O4. The molecule has 0 spiro atoms. The van der Waals surface area contributed by atoms with Gasteiger partial charge in [-0.05, 0) is 71.9 Å². The van der Waals surface area contributed by atoms with Gasteiger partial charge in [0.15, 0.2) is 5.96 Å². The average molecular weight is 550 g/mol. The SMILES string of the molecule is CCNC(=NCC(C)(O)c1ccco1)NCCC1CCCN(C(=O)OC(C)(C)C)C1.I. The van der Waals surface area contributed by atoms with Gasteiger partial charge in [0.1, 0.15) is 17.0 Å². The maximum absolute atomic E-state index is 12.3. The minimum absolute atomic E-state index is 0. The van der Waals surface area contributed by atoms with Gasteiger partial charge < -0.3 is 29.8 Å². The van der Waals surface area contributed by atoms with Crippen molar-refractivity contribution in [2.24, 2.45) is 10.9 Å². The number of rotatable bonds is 7. The summed E-state index contributed by atoms with van der Waals surface area (Å²) in [4.78, 5) is 18.7. The van der Waals surface area contributed by atoms with Crippen molar-refractivity contribution in [3.63, 3.8) is 0 Å². The standard InChI is InChI=1S/C22H38N4O4.HI/c1-6-23-19(25-16-22(5,28)18-10-8-14-29-18)24-12-11-17-9-7-13-26(15-17)20(27)30-21(2,3)4;/h8,10,14,17,28H,6-7,9,11-13,15-16H2,1-5H3,(H2,23,24,25);1H. The van der Waals surface area contributed by atoms with Gasteiger partial charge in [-0.2, -0.15) is 0 Å². The quantitative estimate of drug-likeness (QED) is 0.272. The zero-order valence-corrected chi connectivity index (χ0v) is 21.8. The summed E-state index contributed by atoms with van der Waals surface area (Å²) in [5, 5.41) is 17.1. The third kappa shape index (κ3) is 9.67. The number of nitrogens with one attached hydrogen (secondary N) is 2. The number of furan rings is 1. The highest BCUT2D eigenvalue weighted by Gasteiger charge is 2.28. The number of aliphatic imine (C=N–C) groups is 1. The van der Waals surface area contributed by atoms with Crippen LogP contribution in [0.2, 0.25) is 0 Å². The van der Waals surface area contributed by atoms with Gasteiger partial charge in [0.05, 0.1) is 12.8 Å². The van der Waals surface area contributed by atoms with E-state index in [2.05, 4.69) is 15.6 Å². The number of halogens is 1. The van der Waals surface area contributed by atoms with Crippen LogP contribution in [0.1, 0.15) is 59.6 Å². The summed E-state index contributed by atoms with van der Waals surface area (Å²) in [7, 11) is 0. The lowest BCUT2D eigenvalue weighted by Gasteiger charge is -2.34. The second-order valence-electron chi connectivity index (χ2n) is 9.10. The van der Waals surface area contributed by atoms with Gasteiger partial charge in [-0.15, -0.1) is 24.0 Å². The van der Waals surface area contributed by atoms with Crippen molar-refractivity contribution in [2.45, 2.75) is 65.1 Å². The first-order chi connectivity index (χ1) is 14.1. The van der Waals surface area contributed by atoms with Crippen molar-refractivity contribution in [2.75, 3.05) is 32.7 Å². The Kier molecular flexibility index (Phi) is 11.1. The number of hydrogen-bond acceptors (Lipinski definition) is 5. The lowest BCUT2D eigenvalue weighted by atomic mass is 9.95. The molecule has 3 N–H and O–H groups in total. The number of carbonyl (C=O) groups excluding carboxylic acids is 1. The first-order valence-electron chi connectivity index (χ1n) is 10.9. The highest BCUT2D eigenvalue weighted by molar-refractivity contribution is 14.0. The fraction of sp³-hybridized carbons (Fsp3) is 0.727. The van der Waals surface area contributed by atoms with Gasteiger partial charge >= 0.3 is 6.09 Å². The molecule has 1 aliphatic heterocycles. The zero-order chi connectivity index (χ0) is 22.2. The highest BCUT2D eigenvalue weighted by atomic mass is 127. The summed E-state index contributed by atoms with van der Waals surface area (Å²) in [6.45, 7) is 12.5. The van der Waals surface area contributed by atoms with Crippen LogP contribution in [-0.4, -0.2) is 60.4 Å². The number of amides is 1. The Morgan fingerprint density at radius 2 is 2.10 bits per heavy atom. The molecule has 0 radical (unpaired) electrons. The van der Waals surface area contributed by atoms with Crippen molar-refractivity contribution in [3.8, 4) is 0 Å².